The number of hydrogen-bond donors (Lipinski definition) is 1. The van der Waals surface area contributed by atoms with Crippen molar-refractivity contribution in [3.05, 3.63) is 28.6 Å². The van der Waals surface area contributed by atoms with Gasteiger partial charge in [-0.2, -0.15) is 8.42 Å². The highest BCUT2D eigenvalue weighted by molar-refractivity contribution is 7.85. The van der Waals surface area contributed by atoms with Gasteiger partial charge in [-0.3, -0.25) is 4.55 Å². The maximum atomic E-state index is 10.4. The van der Waals surface area contributed by atoms with Gasteiger partial charge in [-0.15, -0.1) is 0 Å². The van der Waals surface area contributed by atoms with Crippen LogP contribution in [0, 0.1) is 10.4 Å². The molecule has 2 aliphatic carbocycles. The molecule has 0 radical (unpaired) electrons. The van der Waals surface area contributed by atoms with Gasteiger partial charge in [0.05, 0.1) is 0 Å². The highest BCUT2D eigenvalue weighted by Crippen LogP contribution is 2.20. The summed E-state index contributed by atoms with van der Waals surface area (Å²) >= 11 is 0. The first-order valence-electron chi connectivity index (χ1n) is 2.71. The van der Waals surface area contributed by atoms with Gasteiger partial charge < -0.3 is 0 Å². The van der Waals surface area contributed by atoms with Crippen molar-refractivity contribution in [3.63, 3.8) is 0 Å². The first-order chi connectivity index (χ1) is 4.59. The average Bonchev–Trinajstić information content (AvgIpc) is 1.74. The first-order valence-corrected chi connectivity index (χ1v) is 4.15. The van der Waals surface area contributed by atoms with Crippen molar-refractivity contribution in [2.75, 3.05) is 0 Å². The molecule has 4 heteroatoms. The van der Waals surface area contributed by atoms with E-state index in [1.54, 1.807) is 12.1 Å². The predicted molar refractivity (Wildman–Crippen MR) is 33.9 cm³/mol. The van der Waals surface area contributed by atoms with E-state index in [0.717, 1.165) is 5.22 Å². The standard InChI is InChI=1S/C6H4O3S/c7-10(8,9)6-3-4-1-2-5(4)6/h1-3H,(H,7,8,9). The van der Waals surface area contributed by atoms with E-state index in [1.165, 1.54) is 6.07 Å². The van der Waals surface area contributed by atoms with Crippen LogP contribution in [0.5, 0.6) is 0 Å². The van der Waals surface area contributed by atoms with E-state index in [-0.39, 0.29) is 4.90 Å². The molecule has 0 spiro atoms. The molecule has 0 amide bonds. The Morgan fingerprint density at radius 2 is 2.00 bits per heavy atom. The average molecular weight is 156 g/mol. The molecule has 0 aromatic carbocycles. The predicted octanol–water partition coefficient (Wildman–Crippen LogP) is 0.534. The molecule has 0 unspecified atom stereocenters. The summed E-state index contributed by atoms with van der Waals surface area (Å²) in [6.07, 6.45) is 0. The Balaban J connectivity index is 2.75. The normalized spacial score (nSPS) is 13.3. The molecular formula is C6H4O3S. The van der Waals surface area contributed by atoms with Crippen molar-refractivity contribution in [2.24, 2.45) is 0 Å². The Hall–Kier alpha value is -0.870. The van der Waals surface area contributed by atoms with Gasteiger partial charge in [0.25, 0.3) is 10.1 Å². The molecule has 0 saturated carbocycles. The van der Waals surface area contributed by atoms with Crippen molar-refractivity contribution >= 4 is 10.1 Å². The van der Waals surface area contributed by atoms with Gasteiger partial charge in [0.1, 0.15) is 4.90 Å². The van der Waals surface area contributed by atoms with Crippen LogP contribution in [0.15, 0.2) is 23.1 Å². The SMILES string of the molecule is O=S(=O)(O)c1cc2ccc1=2. The summed E-state index contributed by atoms with van der Waals surface area (Å²) in [6.45, 7) is 0. The molecule has 2 aliphatic rings. The zero-order valence-electron chi connectivity index (χ0n) is 4.90. The largest absolute Gasteiger partial charge is 0.295 e. The van der Waals surface area contributed by atoms with Gasteiger partial charge in [0.2, 0.25) is 0 Å². The van der Waals surface area contributed by atoms with E-state index >= 15 is 0 Å². The molecule has 0 heterocycles. The number of hydrogen-bond acceptors (Lipinski definition) is 2. The quantitative estimate of drug-likeness (QED) is 0.613. The Bertz CT molecular complexity index is 472. The summed E-state index contributed by atoms with van der Waals surface area (Å²) in [7, 11) is -3.94. The number of rotatable bonds is 1. The van der Waals surface area contributed by atoms with Gasteiger partial charge in [-0.1, -0.05) is 12.1 Å². The Morgan fingerprint density at radius 1 is 1.30 bits per heavy atom. The summed E-state index contributed by atoms with van der Waals surface area (Å²) in [6, 6.07) is 4.91. The zero-order chi connectivity index (χ0) is 7.35. The lowest BCUT2D eigenvalue weighted by molar-refractivity contribution is 0.481. The fraction of sp³-hybridized carbons (Fsp3) is 0. The van der Waals surface area contributed by atoms with Crippen LogP contribution in [-0.4, -0.2) is 13.0 Å². The zero-order valence-corrected chi connectivity index (χ0v) is 5.72. The van der Waals surface area contributed by atoms with E-state index < -0.39 is 10.1 Å². The maximum absolute atomic E-state index is 10.4. The molecule has 0 atom stereocenters. The molecule has 0 aromatic rings. The minimum atomic E-state index is -3.94. The van der Waals surface area contributed by atoms with Crippen molar-refractivity contribution in [1.29, 1.82) is 0 Å². The summed E-state index contributed by atoms with van der Waals surface area (Å²) in [4.78, 5) is 0.0463. The van der Waals surface area contributed by atoms with Crippen LogP contribution in [0.1, 0.15) is 0 Å². The number of benzene rings is 1. The summed E-state index contributed by atoms with van der Waals surface area (Å²) < 4.78 is 29.3. The molecule has 0 bridgehead atoms. The molecule has 0 aliphatic heterocycles. The van der Waals surface area contributed by atoms with Gasteiger partial charge in [0, 0.05) is 5.22 Å². The monoisotopic (exact) mass is 156 g/mol. The van der Waals surface area contributed by atoms with Crippen molar-refractivity contribution in [1.82, 2.24) is 0 Å². The molecule has 0 aromatic heterocycles. The third-order valence-corrected chi connectivity index (χ3v) is 2.46. The van der Waals surface area contributed by atoms with E-state index in [0.29, 0.717) is 5.22 Å². The third kappa shape index (κ3) is 0.547. The molecule has 10 heavy (non-hydrogen) atoms. The van der Waals surface area contributed by atoms with E-state index in [9.17, 15) is 8.42 Å². The van der Waals surface area contributed by atoms with E-state index in [1.807, 2.05) is 0 Å². The van der Waals surface area contributed by atoms with E-state index in [4.69, 9.17) is 4.55 Å². The molecule has 52 valence electrons. The minimum absolute atomic E-state index is 0.0463. The second-order valence-electron chi connectivity index (χ2n) is 2.19. The van der Waals surface area contributed by atoms with Crippen LogP contribution in [0.25, 0.3) is 0 Å². The lowest BCUT2D eigenvalue weighted by atomic mass is 10.1. The fourth-order valence-corrected chi connectivity index (χ4v) is 1.71. The Morgan fingerprint density at radius 3 is 2.10 bits per heavy atom. The highest BCUT2D eigenvalue weighted by atomic mass is 32.2. The Labute approximate surface area is 57.4 Å². The summed E-state index contributed by atoms with van der Waals surface area (Å²) in [5.41, 5.74) is 0. The van der Waals surface area contributed by atoms with Gasteiger partial charge in [-0.05, 0) is 11.3 Å². The van der Waals surface area contributed by atoms with Crippen LogP contribution >= 0.6 is 0 Å². The lowest BCUT2D eigenvalue weighted by Gasteiger charge is -2.06. The van der Waals surface area contributed by atoms with Crippen LogP contribution in [0.4, 0.5) is 0 Å². The molecule has 2 rings (SSSR count). The van der Waals surface area contributed by atoms with Gasteiger partial charge in [-0.25, -0.2) is 0 Å². The maximum Gasteiger partial charge on any atom is 0.295 e. The van der Waals surface area contributed by atoms with Crippen molar-refractivity contribution in [2.45, 2.75) is 4.90 Å². The molecule has 0 saturated heterocycles. The van der Waals surface area contributed by atoms with Crippen LogP contribution in [0.2, 0.25) is 0 Å². The second-order valence-corrected chi connectivity index (χ2v) is 3.58. The summed E-state index contributed by atoms with van der Waals surface area (Å²) in [5.74, 6) is 0. The van der Waals surface area contributed by atoms with Gasteiger partial charge in [0.15, 0.2) is 0 Å². The molecule has 0 fully saturated rings. The molecule has 3 nitrogen and oxygen atoms in total. The lowest BCUT2D eigenvalue weighted by Crippen LogP contribution is -2.05. The fourth-order valence-electron chi connectivity index (χ4n) is 0.968. The van der Waals surface area contributed by atoms with Gasteiger partial charge >= 0.3 is 0 Å². The molecule has 1 N–H and O–H groups in total. The highest BCUT2D eigenvalue weighted by Gasteiger charge is 2.16. The van der Waals surface area contributed by atoms with Crippen molar-refractivity contribution < 1.29 is 13.0 Å². The topological polar surface area (TPSA) is 54.4 Å². The minimum Gasteiger partial charge on any atom is -0.282 e. The first kappa shape index (κ1) is 5.88. The third-order valence-electron chi connectivity index (χ3n) is 1.57. The van der Waals surface area contributed by atoms with Crippen LogP contribution in [-0.2, 0) is 10.1 Å². The summed E-state index contributed by atoms with van der Waals surface area (Å²) in [5, 5.41) is 1.56. The second kappa shape index (κ2) is 1.41. The van der Waals surface area contributed by atoms with Crippen molar-refractivity contribution in [3.8, 4) is 0 Å². The molecular weight excluding hydrogens is 152 g/mol. The van der Waals surface area contributed by atoms with E-state index in [2.05, 4.69) is 0 Å². The smallest absolute Gasteiger partial charge is 0.282 e. The van der Waals surface area contributed by atoms with Crippen LogP contribution in [0.3, 0.4) is 0 Å². The van der Waals surface area contributed by atoms with Crippen LogP contribution < -0.4 is 0 Å². The Kier molecular flexibility index (Phi) is 0.828.